The zero-order valence-corrected chi connectivity index (χ0v) is 22.1. The number of thioether (sulfide) groups is 1. The third-order valence-electron chi connectivity index (χ3n) is 5.09. The highest BCUT2D eigenvalue weighted by Crippen LogP contribution is 2.33. The van der Waals surface area contributed by atoms with Gasteiger partial charge in [-0.05, 0) is 60.0 Å². The first kappa shape index (κ1) is 24.3. The van der Waals surface area contributed by atoms with Crippen LogP contribution in [0.5, 0.6) is 5.75 Å². The topological polar surface area (TPSA) is 57.9 Å². The van der Waals surface area contributed by atoms with Crippen LogP contribution in [0.25, 0.3) is 15.8 Å². The molecule has 4 aromatic rings. The molecule has 4 rings (SSSR count). The Kier molecular flexibility index (Phi) is 8.28. The summed E-state index contributed by atoms with van der Waals surface area (Å²) in [6, 6.07) is 26.5. The summed E-state index contributed by atoms with van der Waals surface area (Å²) in [6.45, 7) is 4.87. The summed E-state index contributed by atoms with van der Waals surface area (Å²) in [4.78, 5) is 4.72. The Morgan fingerprint density at radius 3 is 2.50 bits per heavy atom. The van der Waals surface area contributed by atoms with E-state index in [-0.39, 0.29) is 0 Å². The quantitative estimate of drug-likeness (QED) is 0.168. The van der Waals surface area contributed by atoms with Gasteiger partial charge < -0.3 is 10.1 Å². The lowest BCUT2D eigenvalue weighted by molar-refractivity contribution is 0.344. The summed E-state index contributed by atoms with van der Waals surface area (Å²) >= 11 is 6.54. The van der Waals surface area contributed by atoms with Crippen molar-refractivity contribution in [2.75, 3.05) is 17.7 Å². The smallest absolute Gasteiger partial charge is 0.137 e. The van der Waals surface area contributed by atoms with Gasteiger partial charge in [0.2, 0.25) is 0 Å². The van der Waals surface area contributed by atoms with Crippen molar-refractivity contribution >= 4 is 60.5 Å². The maximum absolute atomic E-state index is 10.1. The summed E-state index contributed by atoms with van der Waals surface area (Å²) in [6.07, 6.45) is 0. The zero-order valence-electron chi connectivity index (χ0n) is 18.9. The molecular weight excluding hydrogens is 526 g/mol. The second-order valence-corrected chi connectivity index (χ2v) is 10.9. The van der Waals surface area contributed by atoms with Crippen LogP contribution in [0.2, 0.25) is 0 Å². The maximum atomic E-state index is 10.1. The Morgan fingerprint density at radius 2 is 1.82 bits per heavy atom. The van der Waals surface area contributed by atoms with E-state index in [1.807, 2.05) is 48.5 Å². The molecule has 0 fully saturated rings. The summed E-state index contributed by atoms with van der Waals surface area (Å²) in [5.41, 5.74) is 3.66. The second-order valence-electron chi connectivity index (χ2n) is 7.86. The molecule has 7 heteroatoms. The molecule has 4 nitrogen and oxygen atoms in total. The number of para-hydroxylation sites is 1. The Labute approximate surface area is 216 Å². The number of rotatable bonds is 9. The van der Waals surface area contributed by atoms with Gasteiger partial charge in [0.1, 0.15) is 22.4 Å². The molecule has 3 aromatic carbocycles. The van der Waals surface area contributed by atoms with Gasteiger partial charge in [0.25, 0.3) is 0 Å². The number of fused-ring (bicyclic) bond motifs is 1. The fourth-order valence-electron chi connectivity index (χ4n) is 3.26. The lowest BCUT2D eigenvalue weighted by Gasteiger charge is -2.14. The number of anilines is 1. The molecule has 1 aromatic heterocycles. The molecule has 0 unspecified atom stereocenters. The van der Waals surface area contributed by atoms with E-state index in [0.29, 0.717) is 28.9 Å². The highest BCUT2D eigenvalue weighted by Gasteiger charge is 2.16. The summed E-state index contributed by atoms with van der Waals surface area (Å²) in [5.74, 6) is 1.96. The molecule has 0 saturated heterocycles. The van der Waals surface area contributed by atoms with Crippen molar-refractivity contribution in [3.8, 4) is 11.8 Å². The normalized spacial score (nSPS) is 11.9. The van der Waals surface area contributed by atoms with Crippen LogP contribution in [0, 0.1) is 11.3 Å². The first-order valence-electron chi connectivity index (χ1n) is 10.9. The predicted octanol–water partition coefficient (Wildman–Crippen LogP) is 8.30. The van der Waals surface area contributed by atoms with E-state index < -0.39 is 0 Å². The molecule has 0 aliphatic carbocycles. The number of hydrogen-bond acceptors (Lipinski definition) is 6. The van der Waals surface area contributed by atoms with Crippen LogP contribution in [-0.4, -0.2) is 17.3 Å². The second kappa shape index (κ2) is 11.6. The van der Waals surface area contributed by atoms with Crippen molar-refractivity contribution in [2.45, 2.75) is 19.8 Å². The monoisotopic (exact) mass is 549 g/mol. The van der Waals surface area contributed by atoms with Gasteiger partial charge in [0.15, 0.2) is 0 Å². The van der Waals surface area contributed by atoms with Crippen LogP contribution in [0.4, 0.5) is 5.69 Å². The van der Waals surface area contributed by atoms with Crippen molar-refractivity contribution in [1.29, 1.82) is 5.26 Å². The number of ether oxygens (including phenoxy) is 1. The SMILES string of the molecule is CC(C)c1ccc(N/C(SCCOc2ccc(Br)cc2)=C(/C#N)c2nc3ccccc3s2)cc1. The molecular formula is C27H24BrN3OS2. The fraction of sp³-hybridized carbons (Fsp3) is 0.185. The van der Waals surface area contributed by atoms with E-state index in [2.05, 4.69) is 65.4 Å². The van der Waals surface area contributed by atoms with Crippen LogP contribution in [-0.2, 0) is 0 Å². The number of benzene rings is 3. The predicted molar refractivity (Wildman–Crippen MR) is 148 cm³/mol. The number of nitrogens with zero attached hydrogens (tertiary/aromatic N) is 2. The standard InChI is InChI=1S/C27H24BrN3OS2/c1-18(2)19-7-11-21(12-8-19)30-26(33-16-15-32-22-13-9-20(28)10-14-22)23(17-29)27-31-24-5-3-4-6-25(24)34-27/h3-14,18,30H,15-16H2,1-2H3/b26-23+. The van der Waals surface area contributed by atoms with E-state index in [4.69, 9.17) is 9.72 Å². The average molecular weight is 551 g/mol. The minimum atomic E-state index is 0.464. The number of hydrogen-bond donors (Lipinski definition) is 1. The Bertz CT molecular complexity index is 1290. The maximum Gasteiger partial charge on any atom is 0.137 e. The summed E-state index contributed by atoms with van der Waals surface area (Å²) < 4.78 is 7.96. The Balaban J connectivity index is 1.57. The number of aromatic nitrogens is 1. The van der Waals surface area contributed by atoms with E-state index in [1.54, 1.807) is 11.8 Å². The molecule has 0 aliphatic rings. The minimum Gasteiger partial charge on any atom is -0.493 e. The zero-order chi connectivity index (χ0) is 23.9. The minimum absolute atomic E-state index is 0.464. The molecule has 1 N–H and O–H groups in total. The van der Waals surface area contributed by atoms with E-state index in [1.165, 1.54) is 16.9 Å². The lowest BCUT2D eigenvalue weighted by atomic mass is 10.0. The van der Waals surface area contributed by atoms with Crippen LogP contribution in [0.15, 0.2) is 82.3 Å². The van der Waals surface area contributed by atoms with Crippen molar-refractivity contribution in [2.24, 2.45) is 0 Å². The first-order chi connectivity index (χ1) is 16.5. The Hall–Kier alpha value is -2.79. The molecule has 172 valence electrons. The van der Waals surface area contributed by atoms with Crippen molar-refractivity contribution < 1.29 is 4.74 Å². The number of nitrogens with one attached hydrogen (secondary N) is 1. The fourth-order valence-corrected chi connectivity index (χ4v) is 5.41. The van der Waals surface area contributed by atoms with Gasteiger partial charge >= 0.3 is 0 Å². The molecule has 0 saturated carbocycles. The van der Waals surface area contributed by atoms with Crippen LogP contribution >= 0.6 is 39.0 Å². The summed E-state index contributed by atoms with van der Waals surface area (Å²) in [7, 11) is 0. The van der Waals surface area contributed by atoms with Crippen molar-refractivity contribution in [3.05, 3.63) is 92.9 Å². The molecule has 0 aliphatic heterocycles. The molecule has 1 heterocycles. The van der Waals surface area contributed by atoms with E-state index >= 15 is 0 Å². The Morgan fingerprint density at radius 1 is 1.09 bits per heavy atom. The molecule has 34 heavy (non-hydrogen) atoms. The average Bonchev–Trinajstić information content (AvgIpc) is 3.27. The number of allylic oxidation sites excluding steroid dienone is 1. The van der Waals surface area contributed by atoms with Gasteiger partial charge in [0.05, 0.1) is 21.9 Å². The molecule has 0 atom stereocenters. The van der Waals surface area contributed by atoms with Gasteiger partial charge in [-0.15, -0.1) is 23.1 Å². The van der Waals surface area contributed by atoms with E-state index in [9.17, 15) is 5.26 Å². The highest BCUT2D eigenvalue weighted by molar-refractivity contribution is 9.10. The highest BCUT2D eigenvalue weighted by atomic mass is 79.9. The van der Waals surface area contributed by atoms with Gasteiger partial charge in [0, 0.05) is 15.9 Å². The van der Waals surface area contributed by atoms with Crippen LogP contribution in [0.3, 0.4) is 0 Å². The van der Waals surface area contributed by atoms with Gasteiger partial charge in [-0.3, -0.25) is 0 Å². The molecule has 0 amide bonds. The van der Waals surface area contributed by atoms with Crippen LogP contribution in [0.1, 0.15) is 30.3 Å². The van der Waals surface area contributed by atoms with Gasteiger partial charge in [-0.2, -0.15) is 5.26 Å². The first-order valence-corrected chi connectivity index (χ1v) is 13.5. The largest absolute Gasteiger partial charge is 0.493 e. The number of nitriles is 1. The number of halogens is 1. The molecule has 0 spiro atoms. The third kappa shape index (κ3) is 6.20. The molecule has 0 radical (unpaired) electrons. The lowest BCUT2D eigenvalue weighted by Crippen LogP contribution is -2.05. The van der Waals surface area contributed by atoms with E-state index in [0.717, 1.165) is 31.2 Å². The van der Waals surface area contributed by atoms with Crippen LogP contribution < -0.4 is 10.1 Å². The number of thiazole rings is 1. The van der Waals surface area contributed by atoms with Gasteiger partial charge in [-0.1, -0.05) is 54.0 Å². The van der Waals surface area contributed by atoms with Crippen molar-refractivity contribution in [1.82, 2.24) is 4.98 Å². The van der Waals surface area contributed by atoms with Crippen molar-refractivity contribution in [3.63, 3.8) is 0 Å². The third-order valence-corrected chi connectivity index (χ3v) is 7.64. The molecule has 0 bridgehead atoms. The van der Waals surface area contributed by atoms with Gasteiger partial charge in [-0.25, -0.2) is 4.98 Å². The summed E-state index contributed by atoms with van der Waals surface area (Å²) in [5, 5.41) is 15.1.